The van der Waals surface area contributed by atoms with Crippen LogP contribution in [0.4, 0.5) is 4.79 Å². The molecule has 3 aromatic carbocycles. The van der Waals surface area contributed by atoms with E-state index in [4.69, 9.17) is 15.0 Å². The van der Waals surface area contributed by atoms with Crippen LogP contribution < -0.4 is 0 Å². The van der Waals surface area contributed by atoms with Crippen LogP contribution in [0.25, 0.3) is 22.3 Å². The van der Waals surface area contributed by atoms with E-state index in [1.807, 2.05) is 0 Å². The first kappa shape index (κ1) is 17.3. The Labute approximate surface area is 141 Å². The highest BCUT2D eigenvalue weighted by Crippen LogP contribution is 2.35. The zero-order valence-corrected chi connectivity index (χ0v) is 13.5. The van der Waals surface area contributed by atoms with Gasteiger partial charge in [0.1, 0.15) is 0 Å². The van der Waals surface area contributed by atoms with E-state index in [9.17, 15) is 0 Å². The fourth-order valence-corrected chi connectivity index (χ4v) is 2.70. The summed E-state index contributed by atoms with van der Waals surface area (Å²) in [7, 11) is 0. The van der Waals surface area contributed by atoms with E-state index >= 15 is 0 Å². The number of carbonyl (C=O) groups is 1. The van der Waals surface area contributed by atoms with Crippen LogP contribution in [-0.4, -0.2) is 16.4 Å². The van der Waals surface area contributed by atoms with Crippen LogP contribution in [0, 0.1) is 0 Å². The number of hydrogen-bond donors (Lipinski definition) is 2. The monoisotopic (exact) mass is 320 g/mol. The molecule has 3 aromatic rings. The van der Waals surface area contributed by atoms with E-state index in [1.165, 1.54) is 27.8 Å². The van der Waals surface area contributed by atoms with Crippen molar-refractivity contribution in [2.24, 2.45) is 0 Å². The average molecular weight is 320 g/mol. The van der Waals surface area contributed by atoms with Crippen molar-refractivity contribution in [2.45, 2.75) is 13.3 Å². The highest BCUT2D eigenvalue weighted by atomic mass is 16.6. The van der Waals surface area contributed by atoms with Gasteiger partial charge in [0.2, 0.25) is 0 Å². The number of benzene rings is 3. The standard InChI is InChI=1S/C20H18.CH2O3/c1-2-16-14-9-15-19(17-10-5-3-6-11-17)20(16)18-12-7-4-8-13-18;2-1(3)4/h3-15H,2H2,1H3;(H2,2,3,4). The Morgan fingerprint density at radius 1 is 0.750 bits per heavy atom. The molecule has 0 fully saturated rings. The lowest BCUT2D eigenvalue weighted by atomic mass is 9.90. The zero-order valence-electron chi connectivity index (χ0n) is 13.5. The van der Waals surface area contributed by atoms with E-state index in [0.29, 0.717) is 0 Å². The maximum atomic E-state index is 8.56. The molecule has 0 aliphatic heterocycles. The van der Waals surface area contributed by atoms with Crippen LogP contribution in [0.3, 0.4) is 0 Å². The fourth-order valence-electron chi connectivity index (χ4n) is 2.70. The number of rotatable bonds is 3. The van der Waals surface area contributed by atoms with Gasteiger partial charge >= 0.3 is 6.16 Å². The van der Waals surface area contributed by atoms with Gasteiger partial charge in [-0.3, -0.25) is 0 Å². The summed E-state index contributed by atoms with van der Waals surface area (Å²) in [5.74, 6) is 0. The van der Waals surface area contributed by atoms with Gasteiger partial charge in [0.05, 0.1) is 0 Å². The molecule has 0 aromatic heterocycles. The highest BCUT2D eigenvalue weighted by molar-refractivity contribution is 5.85. The minimum Gasteiger partial charge on any atom is -0.450 e. The molecule has 0 spiro atoms. The topological polar surface area (TPSA) is 57.5 Å². The average Bonchev–Trinajstić information content (AvgIpc) is 2.62. The van der Waals surface area contributed by atoms with Crippen molar-refractivity contribution in [3.05, 3.63) is 84.4 Å². The predicted octanol–water partition coefficient (Wildman–Crippen LogP) is 5.81. The third-order valence-electron chi connectivity index (χ3n) is 3.68. The second-order valence-corrected chi connectivity index (χ2v) is 5.21. The van der Waals surface area contributed by atoms with E-state index in [0.717, 1.165) is 6.42 Å². The van der Waals surface area contributed by atoms with Crippen molar-refractivity contribution in [3.63, 3.8) is 0 Å². The Kier molecular flexibility index (Phi) is 6.15. The molecule has 2 N–H and O–H groups in total. The Bertz CT molecular complexity index is 777. The van der Waals surface area contributed by atoms with Crippen LogP contribution >= 0.6 is 0 Å². The highest BCUT2D eigenvalue weighted by Gasteiger charge is 2.10. The van der Waals surface area contributed by atoms with Crippen molar-refractivity contribution in [2.75, 3.05) is 0 Å². The molecule has 122 valence electrons. The summed E-state index contributed by atoms with van der Waals surface area (Å²) in [6.07, 6.45) is -0.787. The van der Waals surface area contributed by atoms with Crippen LogP contribution in [0.15, 0.2) is 78.9 Å². The molecule has 0 saturated carbocycles. The Morgan fingerprint density at radius 3 is 1.75 bits per heavy atom. The largest absolute Gasteiger partial charge is 0.503 e. The summed E-state index contributed by atoms with van der Waals surface area (Å²) in [5.41, 5.74) is 6.65. The van der Waals surface area contributed by atoms with E-state index in [1.54, 1.807) is 0 Å². The summed E-state index contributed by atoms with van der Waals surface area (Å²) in [5, 5.41) is 13.9. The fraction of sp³-hybridized carbons (Fsp3) is 0.0952. The van der Waals surface area contributed by atoms with Gasteiger partial charge in [0.25, 0.3) is 0 Å². The Balaban J connectivity index is 0.000000471. The number of carboxylic acid groups (broad SMARTS) is 2. The third-order valence-corrected chi connectivity index (χ3v) is 3.68. The summed E-state index contributed by atoms with van der Waals surface area (Å²) in [4.78, 5) is 8.56. The van der Waals surface area contributed by atoms with Crippen molar-refractivity contribution in [1.29, 1.82) is 0 Å². The van der Waals surface area contributed by atoms with Gasteiger partial charge in [-0.1, -0.05) is 85.8 Å². The number of aryl methyl sites for hydroxylation is 1. The van der Waals surface area contributed by atoms with Crippen LogP contribution in [0.2, 0.25) is 0 Å². The van der Waals surface area contributed by atoms with Crippen molar-refractivity contribution in [1.82, 2.24) is 0 Å². The van der Waals surface area contributed by atoms with Gasteiger partial charge in [-0.25, -0.2) is 4.79 Å². The Hall–Kier alpha value is -3.07. The minimum atomic E-state index is -1.83. The first-order valence-corrected chi connectivity index (χ1v) is 7.78. The van der Waals surface area contributed by atoms with Gasteiger partial charge in [0.15, 0.2) is 0 Å². The quantitative estimate of drug-likeness (QED) is 0.640. The zero-order chi connectivity index (χ0) is 17.4. The first-order valence-electron chi connectivity index (χ1n) is 7.78. The molecule has 0 atom stereocenters. The summed E-state index contributed by atoms with van der Waals surface area (Å²) < 4.78 is 0. The van der Waals surface area contributed by atoms with Crippen LogP contribution in [0.5, 0.6) is 0 Å². The molecule has 24 heavy (non-hydrogen) atoms. The van der Waals surface area contributed by atoms with Crippen LogP contribution in [-0.2, 0) is 6.42 Å². The maximum absolute atomic E-state index is 8.56. The van der Waals surface area contributed by atoms with Crippen molar-refractivity contribution >= 4 is 6.16 Å². The maximum Gasteiger partial charge on any atom is 0.503 e. The predicted molar refractivity (Wildman–Crippen MR) is 97.3 cm³/mol. The molecular weight excluding hydrogens is 300 g/mol. The lowest BCUT2D eigenvalue weighted by molar-refractivity contribution is 0.137. The Morgan fingerprint density at radius 2 is 1.25 bits per heavy atom. The van der Waals surface area contributed by atoms with E-state index in [-0.39, 0.29) is 0 Å². The van der Waals surface area contributed by atoms with Gasteiger partial charge in [-0.05, 0) is 34.2 Å². The van der Waals surface area contributed by atoms with E-state index in [2.05, 4.69) is 85.8 Å². The van der Waals surface area contributed by atoms with Gasteiger partial charge < -0.3 is 10.2 Å². The SMILES string of the molecule is CCc1cccc(-c2ccccc2)c1-c1ccccc1.O=C(O)O. The molecule has 0 radical (unpaired) electrons. The van der Waals surface area contributed by atoms with Gasteiger partial charge in [-0.15, -0.1) is 0 Å². The molecule has 3 rings (SSSR count). The van der Waals surface area contributed by atoms with Gasteiger partial charge in [-0.2, -0.15) is 0 Å². The smallest absolute Gasteiger partial charge is 0.450 e. The molecule has 0 unspecified atom stereocenters. The molecule has 0 bridgehead atoms. The lowest BCUT2D eigenvalue weighted by Crippen LogP contribution is -1.91. The van der Waals surface area contributed by atoms with Crippen LogP contribution in [0.1, 0.15) is 12.5 Å². The molecule has 0 aliphatic carbocycles. The summed E-state index contributed by atoms with van der Waals surface area (Å²) >= 11 is 0. The molecule has 0 amide bonds. The summed E-state index contributed by atoms with van der Waals surface area (Å²) in [6, 6.07) is 27.9. The van der Waals surface area contributed by atoms with Crippen molar-refractivity contribution in [3.8, 4) is 22.3 Å². The second-order valence-electron chi connectivity index (χ2n) is 5.21. The summed E-state index contributed by atoms with van der Waals surface area (Å²) in [6.45, 7) is 2.22. The first-order chi connectivity index (χ1) is 11.6. The molecule has 3 nitrogen and oxygen atoms in total. The normalized spacial score (nSPS) is 9.71. The molecule has 0 aliphatic rings. The van der Waals surface area contributed by atoms with Gasteiger partial charge in [0, 0.05) is 0 Å². The second kappa shape index (κ2) is 8.53. The van der Waals surface area contributed by atoms with Crippen molar-refractivity contribution < 1.29 is 15.0 Å². The third kappa shape index (κ3) is 4.46. The molecule has 3 heteroatoms. The van der Waals surface area contributed by atoms with E-state index < -0.39 is 6.16 Å². The molecule has 0 saturated heterocycles. The lowest BCUT2D eigenvalue weighted by Gasteiger charge is -2.14. The number of hydrogen-bond acceptors (Lipinski definition) is 1. The molecular formula is C21H20O3. The molecule has 0 heterocycles. The minimum absolute atomic E-state index is 1.05.